The highest BCUT2D eigenvalue weighted by Crippen LogP contribution is 2.23. The van der Waals surface area contributed by atoms with E-state index in [0.717, 1.165) is 13.0 Å². The van der Waals surface area contributed by atoms with Crippen LogP contribution in [0.3, 0.4) is 0 Å². The van der Waals surface area contributed by atoms with E-state index in [1.807, 2.05) is 0 Å². The van der Waals surface area contributed by atoms with E-state index in [9.17, 15) is 4.39 Å². The third-order valence-corrected chi connectivity index (χ3v) is 3.77. The van der Waals surface area contributed by atoms with Crippen molar-refractivity contribution < 1.29 is 4.39 Å². The predicted octanol–water partition coefficient (Wildman–Crippen LogP) is 3.46. The van der Waals surface area contributed by atoms with Crippen molar-refractivity contribution in [2.24, 2.45) is 0 Å². The molecule has 0 amide bonds. The van der Waals surface area contributed by atoms with E-state index in [1.165, 1.54) is 31.4 Å². The van der Waals surface area contributed by atoms with Crippen molar-refractivity contribution >= 4 is 0 Å². The Labute approximate surface area is 108 Å². The minimum atomic E-state index is -0.200. The zero-order valence-electron chi connectivity index (χ0n) is 10.8. The highest BCUT2D eigenvalue weighted by Gasteiger charge is 2.21. The maximum Gasteiger partial charge on any atom is 0.127 e. The van der Waals surface area contributed by atoms with Crippen LogP contribution in [0.2, 0.25) is 0 Å². The average molecular weight is 246 g/mol. The fourth-order valence-corrected chi connectivity index (χ4v) is 2.71. The molecular weight excluding hydrogens is 227 g/mol. The number of benzene rings is 1. The second-order valence-corrected chi connectivity index (χ2v) is 4.95. The summed E-state index contributed by atoms with van der Waals surface area (Å²) in [7, 11) is 0. The first-order chi connectivity index (χ1) is 8.74. The Morgan fingerprint density at radius 3 is 3.00 bits per heavy atom. The average Bonchev–Trinajstić information content (AvgIpc) is 2.42. The molecule has 1 fully saturated rings. The molecule has 1 heterocycles. The van der Waals surface area contributed by atoms with Crippen molar-refractivity contribution in [1.82, 2.24) is 4.90 Å². The highest BCUT2D eigenvalue weighted by molar-refractivity contribution is 5.33. The summed E-state index contributed by atoms with van der Waals surface area (Å²) in [6.07, 6.45) is 4.78. The van der Waals surface area contributed by atoms with E-state index in [4.69, 9.17) is 5.26 Å². The van der Waals surface area contributed by atoms with Crippen LogP contribution in [0.4, 0.5) is 4.39 Å². The van der Waals surface area contributed by atoms with Crippen molar-refractivity contribution in [1.29, 1.82) is 5.26 Å². The lowest BCUT2D eigenvalue weighted by molar-refractivity contribution is 0.134. The van der Waals surface area contributed by atoms with Gasteiger partial charge in [-0.3, -0.25) is 4.90 Å². The van der Waals surface area contributed by atoms with Gasteiger partial charge in [0.15, 0.2) is 0 Å². The molecule has 0 spiro atoms. The summed E-state index contributed by atoms with van der Waals surface area (Å²) in [5, 5.41) is 8.87. The number of hydrogen-bond acceptors (Lipinski definition) is 2. The fourth-order valence-electron chi connectivity index (χ4n) is 2.71. The molecule has 0 aliphatic carbocycles. The van der Waals surface area contributed by atoms with Gasteiger partial charge < -0.3 is 0 Å². The first kappa shape index (κ1) is 13.0. The molecule has 1 saturated heterocycles. The number of likely N-dealkylation sites (tertiary alicyclic amines) is 1. The molecule has 1 atom stereocenters. The Hall–Kier alpha value is -1.40. The minimum Gasteiger partial charge on any atom is -0.296 e. The topological polar surface area (TPSA) is 27.0 Å². The molecule has 2 nitrogen and oxygen atoms in total. The van der Waals surface area contributed by atoms with Gasteiger partial charge in [0.25, 0.3) is 0 Å². The zero-order valence-corrected chi connectivity index (χ0v) is 10.8. The first-order valence-corrected chi connectivity index (χ1v) is 6.67. The molecule has 1 aromatic carbocycles. The lowest BCUT2D eigenvalue weighted by Crippen LogP contribution is -2.38. The van der Waals surface area contributed by atoms with Gasteiger partial charge in [0, 0.05) is 18.2 Å². The van der Waals surface area contributed by atoms with Gasteiger partial charge in [0.2, 0.25) is 0 Å². The molecule has 96 valence electrons. The van der Waals surface area contributed by atoms with Gasteiger partial charge in [-0.2, -0.15) is 5.26 Å². The largest absolute Gasteiger partial charge is 0.296 e. The van der Waals surface area contributed by atoms with Crippen molar-refractivity contribution in [3.05, 3.63) is 35.1 Å². The smallest absolute Gasteiger partial charge is 0.127 e. The molecule has 1 unspecified atom stereocenters. The molecule has 0 saturated carbocycles. The quantitative estimate of drug-likeness (QED) is 0.816. The van der Waals surface area contributed by atoms with Crippen LogP contribution in [0.25, 0.3) is 0 Å². The van der Waals surface area contributed by atoms with Crippen molar-refractivity contribution in [2.45, 2.75) is 45.2 Å². The Morgan fingerprint density at radius 2 is 2.28 bits per heavy atom. The van der Waals surface area contributed by atoms with Gasteiger partial charge in [-0.05, 0) is 44.0 Å². The summed E-state index contributed by atoms with van der Waals surface area (Å²) < 4.78 is 13.8. The summed E-state index contributed by atoms with van der Waals surface area (Å²) in [5.74, 6) is -0.200. The van der Waals surface area contributed by atoms with Gasteiger partial charge in [-0.15, -0.1) is 0 Å². The molecule has 0 radical (unpaired) electrons. The predicted molar refractivity (Wildman–Crippen MR) is 69.5 cm³/mol. The lowest BCUT2D eigenvalue weighted by Gasteiger charge is -2.35. The molecule has 0 N–H and O–H groups in total. The monoisotopic (exact) mass is 246 g/mol. The van der Waals surface area contributed by atoms with Gasteiger partial charge in [-0.1, -0.05) is 13.3 Å². The van der Waals surface area contributed by atoms with E-state index >= 15 is 0 Å². The molecule has 0 bridgehead atoms. The minimum absolute atomic E-state index is 0.200. The van der Waals surface area contributed by atoms with E-state index in [-0.39, 0.29) is 5.82 Å². The normalized spacial score (nSPS) is 20.6. The molecule has 1 aliphatic rings. The maximum atomic E-state index is 13.8. The maximum absolute atomic E-state index is 13.8. The van der Waals surface area contributed by atoms with Gasteiger partial charge in [-0.25, -0.2) is 4.39 Å². The number of piperidine rings is 1. The van der Waals surface area contributed by atoms with Gasteiger partial charge in [0.1, 0.15) is 5.82 Å². The summed E-state index contributed by atoms with van der Waals surface area (Å²) >= 11 is 0. The number of rotatable bonds is 3. The van der Waals surface area contributed by atoms with Crippen LogP contribution in [-0.2, 0) is 6.54 Å². The molecule has 1 aromatic rings. The second-order valence-electron chi connectivity index (χ2n) is 4.95. The molecule has 18 heavy (non-hydrogen) atoms. The third kappa shape index (κ3) is 2.88. The standard InChI is InChI=1S/C15H19FN2/c1-2-14-5-3-4-8-18(14)11-13-9-12(10-17)6-7-15(13)16/h6-7,9,14H,2-5,8,11H2,1H3. The lowest BCUT2D eigenvalue weighted by atomic mass is 9.99. The van der Waals surface area contributed by atoms with Crippen molar-refractivity contribution in [2.75, 3.05) is 6.54 Å². The fraction of sp³-hybridized carbons (Fsp3) is 0.533. The molecular formula is C15H19FN2. The van der Waals surface area contributed by atoms with Crippen molar-refractivity contribution in [3.8, 4) is 6.07 Å². The molecule has 0 aromatic heterocycles. The summed E-state index contributed by atoms with van der Waals surface area (Å²) in [4.78, 5) is 2.35. The Kier molecular flexibility index (Phi) is 4.33. The van der Waals surface area contributed by atoms with Crippen LogP contribution < -0.4 is 0 Å². The SMILES string of the molecule is CCC1CCCCN1Cc1cc(C#N)ccc1F. The molecule has 1 aliphatic heterocycles. The van der Waals surface area contributed by atoms with E-state index in [2.05, 4.69) is 17.9 Å². The summed E-state index contributed by atoms with van der Waals surface area (Å²) in [6, 6.07) is 7.24. The number of hydrogen-bond donors (Lipinski definition) is 0. The summed E-state index contributed by atoms with van der Waals surface area (Å²) in [6.45, 7) is 3.85. The Morgan fingerprint density at radius 1 is 1.44 bits per heavy atom. The van der Waals surface area contributed by atoms with E-state index < -0.39 is 0 Å². The van der Waals surface area contributed by atoms with Crippen molar-refractivity contribution in [3.63, 3.8) is 0 Å². The second kappa shape index (κ2) is 5.97. The summed E-state index contributed by atoms with van der Waals surface area (Å²) in [5.41, 5.74) is 1.19. The van der Waals surface area contributed by atoms with Gasteiger partial charge in [0.05, 0.1) is 11.6 Å². The number of nitrogens with zero attached hydrogens (tertiary/aromatic N) is 2. The molecule has 3 heteroatoms. The van der Waals surface area contributed by atoms with E-state index in [0.29, 0.717) is 23.7 Å². The first-order valence-electron chi connectivity index (χ1n) is 6.67. The van der Waals surface area contributed by atoms with Crippen LogP contribution in [0.15, 0.2) is 18.2 Å². The third-order valence-electron chi connectivity index (χ3n) is 3.77. The van der Waals surface area contributed by atoms with E-state index in [1.54, 1.807) is 6.07 Å². The number of halogens is 1. The van der Waals surface area contributed by atoms with Crippen LogP contribution in [-0.4, -0.2) is 17.5 Å². The van der Waals surface area contributed by atoms with Crippen LogP contribution >= 0.6 is 0 Å². The van der Waals surface area contributed by atoms with Gasteiger partial charge >= 0.3 is 0 Å². The number of nitriles is 1. The van der Waals surface area contributed by atoms with Crippen LogP contribution in [0.5, 0.6) is 0 Å². The molecule has 2 rings (SSSR count). The highest BCUT2D eigenvalue weighted by atomic mass is 19.1. The Bertz CT molecular complexity index is 450. The zero-order chi connectivity index (χ0) is 13.0. The van der Waals surface area contributed by atoms with Crippen LogP contribution in [0, 0.1) is 17.1 Å². The Balaban J connectivity index is 2.14. The van der Waals surface area contributed by atoms with Crippen LogP contribution in [0.1, 0.15) is 43.7 Å².